The van der Waals surface area contributed by atoms with E-state index < -0.39 is 0 Å². The van der Waals surface area contributed by atoms with Gasteiger partial charge in [0.05, 0.1) is 5.56 Å². The fourth-order valence-electron chi connectivity index (χ4n) is 5.53. The predicted molar refractivity (Wildman–Crippen MR) is 117 cm³/mol. The highest BCUT2D eigenvalue weighted by molar-refractivity contribution is 5.87. The summed E-state index contributed by atoms with van der Waals surface area (Å²) >= 11 is 0. The van der Waals surface area contributed by atoms with Crippen LogP contribution in [-0.2, 0) is 13.5 Å². The highest BCUT2D eigenvalue weighted by atomic mass is 14.9. The molecule has 28 heavy (non-hydrogen) atoms. The van der Waals surface area contributed by atoms with E-state index >= 15 is 0 Å². The van der Waals surface area contributed by atoms with Crippen molar-refractivity contribution < 1.29 is 4.57 Å². The van der Waals surface area contributed by atoms with Crippen molar-refractivity contribution in [2.45, 2.75) is 58.8 Å². The Hall–Kier alpha value is -2.41. The van der Waals surface area contributed by atoms with Crippen LogP contribution in [0.2, 0.25) is 0 Å². The summed E-state index contributed by atoms with van der Waals surface area (Å²) in [5, 5.41) is 0. The van der Waals surface area contributed by atoms with Gasteiger partial charge in [0.15, 0.2) is 6.20 Å². The first-order chi connectivity index (χ1) is 13.5. The Balaban J connectivity index is 1.73. The number of pyridine rings is 1. The quantitative estimate of drug-likeness (QED) is 0.364. The molecule has 0 radical (unpaired) electrons. The van der Waals surface area contributed by atoms with Crippen LogP contribution in [-0.4, -0.2) is 0 Å². The molecule has 3 aromatic rings. The SMILES string of the molecule is Cc1cc(-c2c(C)ccc3c2Cc2cccc(C4CCCC4)c2-3)[n+](C)cc1C. The van der Waals surface area contributed by atoms with Gasteiger partial charge in [-0.15, -0.1) is 0 Å². The molecule has 1 aromatic heterocycles. The van der Waals surface area contributed by atoms with E-state index in [0.717, 1.165) is 12.3 Å². The number of aryl methyl sites for hydroxylation is 4. The van der Waals surface area contributed by atoms with Crippen LogP contribution in [0.3, 0.4) is 0 Å². The van der Waals surface area contributed by atoms with Crippen LogP contribution < -0.4 is 4.57 Å². The van der Waals surface area contributed by atoms with Crippen LogP contribution in [0, 0.1) is 20.8 Å². The van der Waals surface area contributed by atoms with Crippen LogP contribution >= 0.6 is 0 Å². The molecule has 0 bridgehead atoms. The second kappa shape index (κ2) is 6.58. The van der Waals surface area contributed by atoms with Gasteiger partial charge in [-0.2, -0.15) is 0 Å². The molecule has 0 saturated heterocycles. The van der Waals surface area contributed by atoms with E-state index in [9.17, 15) is 0 Å². The summed E-state index contributed by atoms with van der Waals surface area (Å²) in [5.41, 5.74) is 14.6. The van der Waals surface area contributed by atoms with Gasteiger partial charge < -0.3 is 0 Å². The molecule has 142 valence electrons. The fourth-order valence-corrected chi connectivity index (χ4v) is 5.53. The zero-order valence-corrected chi connectivity index (χ0v) is 17.6. The van der Waals surface area contributed by atoms with E-state index in [1.54, 1.807) is 11.1 Å². The monoisotopic (exact) mass is 368 g/mol. The van der Waals surface area contributed by atoms with E-state index in [1.807, 2.05) is 0 Å². The van der Waals surface area contributed by atoms with Crippen molar-refractivity contribution in [2.24, 2.45) is 7.05 Å². The van der Waals surface area contributed by atoms with Crippen molar-refractivity contribution in [3.63, 3.8) is 0 Å². The molecule has 1 heteroatoms. The summed E-state index contributed by atoms with van der Waals surface area (Å²) in [4.78, 5) is 0. The van der Waals surface area contributed by atoms with Gasteiger partial charge in [-0.3, -0.25) is 0 Å². The first-order valence-corrected chi connectivity index (χ1v) is 10.8. The molecule has 2 aliphatic rings. The molecule has 0 N–H and O–H groups in total. The summed E-state index contributed by atoms with van der Waals surface area (Å²) in [7, 11) is 2.19. The third-order valence-corrected chi connectivity index (χ3v) is 7.13. The highest BCUT2D eigenvalue weighted by Gasteiger charge is 2.30. The van der Waals surface area contributed by atoms with Crippen LogP contribution in [0.25, 0.3) is 22.4 Å². The second-order valence-electron chi connectivity index (χ2n) is 8.96. The first kappa shape index (κ1) is 17.7. The largest absolute Gasteiger partial charge is 0.213 e. The molecule has 1 fully saturated rings. The summed E-state index contributed by atoms with van der Waals surface area (Å²) in [6.07, 6.45) is 8.83. The van der Waals surface area contributed by atoms with Gasteiger partial charge in [0.25, 0.3) is 0 Å². The van der Waals surface area contributed by atoms with Crippen molar-refractivity contribution in [3.8, 4) is 22.4 Å². The molecule has 0 amide bonds. The van der Waals surface area contributed by atoms with Crippen LogP contribution in [0.1, 0.15) is 65.0 Å². The Morgan fingerprint density at radius 3 is 2.43 bits per heavy atom. The van der Waals surface area contributed by atoms with Crippen molar-refractivity contribution in [3.05, 3.63) is 76.0 Å². The lowest BCUT2D eigenvalue weighted by molar-refractivity contribution is -0.660. The summed E-state index contributed by atoms with van der Waals surface area (Å²) in [5.74, 6) is 0.753. The molecular weight excluding hydrogens is 338 g/mol. The van der Waals surface area contributed by atoms with Gasteiger partial charge >= 0.3 is 0 Å². The Kier molecular flexibility index (Phi) is 4.16. The van der Waals surface area contributed by atoms with Gasteiger partial charge in [-0.25, -0.2) is 4.57 Å². The number of aromatic nitrogens is 1. The number of hydrogen-bond donors (Lipinski definition) is 0. The van der Waals surface area contributed by atoms with E-state index in [-0.39, 0.29) is 0 Å². The number of rotatable bonds is 2. The average molecular weight is 369 g/mol. The minimum Gasteiger partial charge on any atom is -0.201 e. The maximum atomic E-state index is 2.40. The standard InChI is InChI=1S/C27H30N/c1-17-12-13-23-24(26(17)25-14-18(2)19(3)16-28(25)4)15-21-10-7-11-22(27(21)23)20-8-5-6-9-20/h7,10-14,16,20H,5-6,8-9,15H2,1-4H3/q+1. The van der Waals surface area contributed by atoms with E-state index in [0.29, 0.717) is 0 Å². The molecule has 1 heterocycles. The predicted octanol–water partition coefficient (Wildman–Crippen LogP) is 6.33. The molecule has 5 rings (SSSR count). The highest BCUT2D eigenvalue weighted by Crippen LogP contribution is 2.48. The smallest absolute Gasteiger partial charge is 0.201 e. The topological polar surface area (TPSA) is 3.88 Å². The summed E-state index contributed by atoms with van der Waals surface area (Å²) < 4.78 is 2.31. The third-order valence-electron chi connectivity index (χ3n) is 7.13. The molecule has 1 saturated carbocycles. The summed E-state index contributed by atoms with van der Waals surface area (Å²) in [6, 6.07) is 14.1. The Morgan fingerprint density at radius 2 is 1.64 bits per heavy atom. The molecule has 0 atom stereocenters. The van der Waals surface area contributed by atoms with Gasteiger partial charge in [0.1, 0.15) is 7.05 Å². The zero-order valence-electron chi connectivity index (χ0n) is 17.6. The molecule has 2 aromatic carbocycles. The van der Waals surface area contributed by atoms with Crippen LogP contribution in [0.15, 0.2) is 42.6 Å². The maximum absolute atomic E-state index is 2.40. The number of fused-ring (bicyclic) bond motifs is 3. The molecule has 1 nitrogen and oxygen atoms in total. The lowest BCUT2D eigenvalue weighted by atomic mass is 9.88. The van der Waals surface area contributed by atoms with Crippen molar-refractivity contribution >= 4 is 0 Å². The number of nitrogens with zero attached hydrogens (tertiary/aromatic N) is 1. The lowest BCUT2D eigenvalue weighted by Gasteiger charge is -2.16. The maximum Gasteiger partial charge on any atom is 0.213 e. The normalized spacial score (nSPS) is 15.7. The minimum absolute atomic E-state index is 0.753. The van der Waals surface area contributed by atoms with Crippen molar-refractivity contribution in [1.29, 1.82) is 0 Å². The van der Waals surface area contributed by atoms with Gasteiger partial charge in [0, 0.05) is 11.6 Å². The first-order valence-electron chi connectivity index (χ1n) is 10.8. The molecule has 2 aliphatic carbocycles. The number of benzene rings is 2. The minimum atomic E-state index is 0.753. The van der Waals surface area contributed by atoms with Crippen molar-refractivity contribution in [1.82, 2.24) is 0 Å². The Bertz CT molecular complexity index is 1080. The van der Waals surface area contributed by atoms with Gasteiger partial charge in [-0.1, -0.05) is 43.2 Å². The van der Waals surface area contributed by atoms with Gasteiger partial charge in [0.2, 0.25) is 5.69 Å². The van der Waals surface area contributed by atoms with E-state index in [4.69, 9.17) is 0 Å². The van der Waals surface area contributed by atoms with Crippen molar-refractivity contribution in [2.75, 3.05) is 0 Å². The average Bonchev–Trinajstić information content (AvgIpc) is 3.32. The molecule has 0 unspecified atom stereocenters. The molecular formula is C27H30N+. The zero-order chi connectivity index (χ0) is 19.4. The van der Waals surface area contributed by atoms with Crippen LogP contribution in [0.5, 0.6) is 0 Å². The fraction of sp³-hybridized carbons (Fsp3) is 0.370. The second-order valence-corrected chi connectivity index (χ2v) is 8.96. The number of hydrogen-bond acceptors (Lipinski definition) is 0. The molecule has 0 spiro atoms. The Labute approximate surface area is 169 Å². The van der Waals surface area contributed by atoms with Crippen LogP contribution in [0.4, 0.5) is 0 Å². The van der Waals surface area contributed by atoms with Gasteiger partial charge in [-0.05, 0) is 84.9 Å². The lowest BCUT2D eigenvalue weighted by Crippen LogP contribution is -2.32. The van der Waals surface area contributed by atoms with E-state index in [1.165, 1.54) is 70.3 Å². The Morgan fingerprint density at radius 1 is 0.857 bits per heavy atom. The summed E-state index contributed by atoms with van der Waals surface area (Å²) in [6.45, 7) is 6.70. The third kappa shape index (κ3) is 2.64. The molecule has 0 aliphatic heterocycles. The van der Waals surface area contributed by atoms with E-state index in [2.05, 4.69) is 75.0 Å².